The minimum atomic E-state index is -0.162. The Labute approximate surface area is 185 Å². The molecule has 5 rings (SSSR count). The second-order valence-electron chi connectivity index (χ2n) is 8.27. The molecule has 0 spiro atoms. The van der Waals surface area contributed by atoms with Crippen molar-refractivity contribution in [1.82, 2.24) is 15.1 Å². The number of amides is 1. The first-order valence-corrected chi connectivity index (χ1v) is 10.9. The molecule has 1 N–H and O–H groups in total. The van der Waals surface area contributed by atoms with Gasteiger partial charge in [0.1, 0.15) is 5.75 Å². The quantitative estimate of drug-likeness (QED) is 0.663. The highest BCUT2D eigenvalue weighted by molar-refractivity contribution is 5.88. The van der Waals surface area contributed by atoms with Gasteiger partial charge in [0.05, 0.1) is 23.6 Å². The van der Waals surface area contributed by atoms with Gasteiger partial charge in [0, 0.05) is 24.5 Å². The maximum absolute atomic E-state index is 12.7. The summed E-state index contributed by atoms with van der Waals surface area (Å²) >= 11 is 0. The van der Waals surface area contributed by atoms with Crippen molar-refractivity contribution >= 4 is 16.7 Å². The van der Waals surface area contributed by atoms with Crippen LogP contribution in [0.4, 0.5) is 0 Å². The van der Waals surface area contributed by atoms with E-state index in [-0.39, 0.29) is 36.8 Å². The Balaban J connectivity index is 1.16. The maximum atomic E-state index is 12.7. The van der Waals surface area contributed by atoms with Crippen molar-refractivity contribution in [3.8, 4) is 17.2 Å². The predicted molar refractivity (Wildman–Crippen MR) is 118 cm³/mol. The van der Waals surface area contributed by atoms with Crippen LogP contribution in [0, 0.1) is 0 Å². The summed E-state index contributed by atoms with van der Waals surface area (Å²) in [6.07, 6.45) is 3.67. The van der Waals surface area contributed by atoms with Gasteiger partial charge in [-0.05, 0) is 43.9 Å². The number of aromatic nitrogens is 2. The van der Waals surface area contributed by atoms with E-state index in [2.05, 4.69) is 10.4 Å². The summed E-state index contributed by atoms with van der Waals surface area (Å²) in [5.74, 6) is 2.14. The summed E-state index contributed by atoms with van der Waals surface area (Å²) < 4.78 is 18.1. The molecule has 166 valence electrons. The molecule has 1 aliphatic carbocycles. The molecule has 1 saturated carbocycles. The molecule has 1 aliphatic heterocycles. The van der Waals surface area contributed by atoms with E-state index in [9.17, 15) is 9.59 Å². The Hall–Kier alpha value is -3.55. The fourth-order valence-corrected chi connectivity index (χ4v) is 4.40. The Morgan fingerprint density at radius 2 is 1.84 bits per heavy atom. The molecule has 8 nitrogen and oxygen atoms in total. The number of hydrogen-bond donors (Lipinski definition) is 1. The Kier molecular flexibility index (Phi) is 5.43. The lowest BCUT2D eigenvalue weighted by molar-refractivity contribution is -0.121. The van der Waals surface area contributed by atoms with E-state index in [1.54, 1.807) is 13.1 Å². The molecular formula is C24H25N3O5. The van der Waals surface area contributed by atoms with Crippen LogP contribution in [0.25, 0.3) is 10.8 Å². The van der Waals surface area contributed by atoms with Gasteiger partial charge in [-0.2, -0.15) is 5.10 Å². The summed E-state index contributed by atoms with van der Waals surface area (Å²) in [6.45, 7) is 0.244. The zero-order chi connectivity index (χ0) is 22.1. The summed E-state index contributed by atoms with van der Waals surface area (Å²) in [5, 5.41) is 8.75. The van der Waals surface area contributed by atoms with E-state index in [4.69, 9.17) is 14.2 Å². The number of hydrogen-bond acceptors (Lipinski definition) is 6. The maximum Gasteiger partial charge on any atom is 0.274 e. The Bertz CT molecular complexity index is 1210. The van der Waals surface area contributed by atoms with Crippen molar-refractivity contribution in [2.24, 2.45) is 7.05 Å². The number of nitrogens with one attached hydrogen (secondary N) is 1. The van der Waals surface area contributed by atoms with E-state index in [1.165, 1.54) is 4.68 Å². The monoisotopic (exact) mass is 435 g/mol. The molecule has 8 heteroatoms. The summed E-state index contributed by atoms with van der Waals surface area (Å²) in [4.78, 5) is 25.0. The van der Waals surface area contributed by atoms with Gasteiger partial charge in [0.25, 0.3) is 5.56 Å². The van der Waals surface area contributed by atoms with Crippen molar-refractivity contribution in [3.63, 3.8) is 0 Å². The topological polar surface area (TPSA) is 91.7 Å². The minimum absolute atomic E-state index is 0.0820. The highest BCUT2D eigenvalue weighted by Crippen LogP contribution is 2.36. The molecule has 2 aliphatic rings. The van der Waals surface area contributed by atoms with E-state index in [1.807, 2.05) is 36.4 Å². The number of fused-ring (bicyclic) bond motifs is 2. The van der Waals surface area contributed by atoms with Gasteiger partial charge in [-0.3, -0.25) is 9.59 Å². The van der Waals surface area contributed by atoms with Crippen LogP contribution < -0.4 is 25.1 Å². The van der Waals surface area contributed by atoms with Crippen LogP contribution in [0.15, 0.2) is 47.3 Å². The van der Waals surface area contributed by atoms with Crippen molar-refractivity contribution < 1.29 is 19.0 Å². The van der Waals surface area contributed by atoms with Gasteiger partial charge in [-0.25, -0.2) is 4.68 Å². The molecule has 1 fully saturated rings. The van der Waals surface area contributed by atoms with E-state index < -0.39 is 0 Å². The van der Waals surface area contributed by atoms with Gasteiger partial charge in [-0.15, -0.1) is 0 Å². The predicted octanol–water partition coefficient (Wildman–Crippen LogP) is 2.71. The molecule has 0 bridgehead atoms. The van der Waals surface area contributed by atoms with Crippen molar-refractivity contribution in [2.45, 2.75) is 44.2 Å². The second-order valence-corrected chi connectivity index (χ2v) is 8.27. The van der Waals surface area contributed by atoms with Gasteiger partial charge < -0.3 is 19.5 Å². The zero-order valence-corrected chi connectivity index (χ0v) is 17.9. The van der Waals surface area contributed by atoms with Crippen LogP contribution >= 0.6 is 0 Å². The third-order valence-electron chi connectivity index (χ3n) is 6.05. The van der Waals surface area contributed by atoms with Gasteiger partial charge in [0.2, 0.25) is 12.7 Å². The average molecular weight is 435 g/mol. The van der Waals surface area contributed by atoms with Crippen molar-refractivity contribution in [1.29, 1.82) is 0 Å². The fourth-order valence-electron chi connectivity index (χ4n) is 4.40. The van der Waals surface area contributed by atoms with Crippen LogP contribution in [0.3, 0.4) is 0 Å². The first-order chi connectivity index (χ1) is 15.6. The van der Waals surface area contributed by atoms with E-state index >= 15 is 0 Å². The average Bonchev–Trinajstić information content (AvgIpc) is 3.26. The number of benzene rings is 2. The third-order valence-corrected chi connectivity index (χ3v) is 6.05. The molecule has 0 atom stereocenters. The number of aryl methyl sites for hydroxylation is 1. The van der Waals surface area contributed by atoms with E-state index in [0.717, 1.165) is 42.6 Å². The fraction of sp³-hybridized carbons (Fsp3) is 0.375. The molecule has 32 heavy (non-hydrogen) atoms. The van der Waals surface area contributed by atoms with E-state index in [0.29, 0.717) is 16.8 Å². The number of rotatable bonds is 5. The first-order valence-electron chi connectivity index (χ1n) is 10.9. The van der Waals surface area contributed by atoms with Crippen LogP contribution in [0.5, 0.6) is 17.2 Å². The Morgan fingerprint density at radius 1 is 1.09 bits per heavy atom. The van der Waals surface area contributed by atoms with Crippen LogP contribution in [0.2, 0.25) is 0 Å². The lowest BCUT2D eigenvalue weighted by Gasteiger charge is -2.29. The molecule has 3 aromatic rings. The van der Waals surface area contributed by atoms with Gasteiger partial charge >= 0.3 is 0 Å². The highest BCUT2D eigenvalue weighted by Gasteiger charge is 2.25. The van der Waals surface area contributed by atoms with Gasteiger partial charge in [0.15, 0.2) is 11.5 Å². The number of nitrogens with zero attached hydrogens (tertiary/aromatic N) is 2. The summed E-state index contributed by atoms with van der Waals surface area (Å²) in [5.41, 5.74) is 0.450. The van der Waals surface area contributed by atoms with Crippen LogP contribution in [-0.2, 0) is 18.3 Å². The molecule has 0 unspecified atom stereocenters. The molecule has 1 aromatic heterocycles. The molecule has 0 saturated heterocycles. The largest absolute Gasteiger partial charge is 0.490 e. The minimum Gasteiger partial charge on any atom is -0.490 e. The molecule has 1 amide bonds. The number of ether oxygens (including phenoxy) is 3. The molecule has 2 heterocycles. The standard InChI is InChI=1S/C24H25N3O5/c1-27-24(29)19-5-3-2-4-18(19)20(26-27)13-23(28)25-15-6-8-16(9-7-15)32-17-10-11-21-22(12-17)31-14-30-21/h2-5,10-12,15-16H,6-9,13-14H2,1H3,(H,25,28). The lowest BCUT2D eigenvalue weighted by atomic mass is 9.92. The SMILES string of the molecule is Cn1nc(CC(=O)NC2CCC(Oc3ccc4c(c3)OCO4)CC2)c2ccccc2c1=O. The van der Waals surface area contributed by atoms with Crippen molar-refractivity contribution in [3.05, 3.63) is 58.5 Å². The van der Waals surface area contributed by atoms with Crippen LogP contribution in [0.1, 0.15) is 31.4 Å². The van der Waals surface area contributed by atoms with Gasteiger partial charge in [-0.1, -0.05) is 18.2 Å². The smallest absolute Gasteiger partial charge is 0.274 e. The normalized spacial score (nSPS) is 19.7. The number of carbonyl (C=O) groups is 1. The van der Waals surface area contributed by atoms with Crippen LogP contribution in [-0.4, -0.2) is 34.6 Å². The first kappa shape index (κ1) is 20.4. The summed E-state index contributed by atoms with van der Waals surface area (Å²) in [6, 6.07) is 13.0. The molecular weight excluding hydrogens is 410 g/mol. The highest BCUT2D eigenvalue weighted by atomic mass is 16.7. The molecule has 0 radical (unpaired) electrons. The lowest BCUT2D eigenvalue weighted by Crippen LogP contribution is -2.40. The second kappa shape index (κ2) is 8.53. The molecule has 2 aromatic carbocycles. The zero-order valence-electron chi connectivity index (χ0n) is 17.9. The summed E-state index contributed by atoms with van der Waals surface area (Å²) in [7, 11) is 1.61. The number of carbonyl (C=O) groups excluding carboxylic acids is 1. The third kappa shape index (κ3) is 4.12. The Morgan fingerprint density at radius 3 is 2.66 bits per heavy atom. The van der Waals surface area contributed by atoms with Crippen molar-refractivity contribution in [2.75, 3.05) is 6.79 Å².